The van der Waals surface area contributed by atoms with Gasteiger partial charge in [0.2, 0.25) is 0 Å². The number of fused-ring (bicyclic) bond motifs is 15. The second-order valence-electron chi connectivity index (χ2n) is 19.7. The zero-order valence-electron chi connectivity index (χ0n) is 38.3. The Bertz CT molecular complexity index is 3780. The minimum atomic E-state index is -0.112. The zero-order valence-corrected chi connectivity index (χ0v) is 38.3. The molecular weight excluding hydrogens is 829 g/mol. The molecule has 324 valence electrons. The van der Waals surface area contributed by atoms with Crippen molar-refractivity contribution < 1.29 is 8.83 Å². The summed E-state index contributed by atoms with van der Waals surface area (Å²) in [6.07, 6.45) is 0. The summed E-state index contributed by atoms with van der Waals surface area (Å²) >= 11 is 0. The molecule has 2 aromatic heterocycles. The zero-order chi connectivity index (χ0) is 45.5. The molecule has 12 aromatic rings. The smallest absolute Gasteiger partial charge is 0.137 e. The highest BCUT2D eigenvalue weighted by Crippen LogP contribution is 2.53. The standard InChI is InChI=1S/C64H46N2O2/c1-63(2)53-21-13-11-19-45(53)47-27-23-41(35-55(47)63)65(39-15-7-5-8-16-39)43-25-29-51-59(37-43)67-57-33-31-50-49(61(51)57)32-34-58-62(50)52-30-26-44(38-60(52)68-58)66(40-17-9-6-10-18-40)42-24-28-48-46-20-12-14-22-54(46)64(3,4)56(48)36-42/h5-38H,1-4H3. The highest BCUT2D eigenvalue weighted by atomic mass is 16.3. The molecule has 0 saturated carbocycles. The first kappa shape index (κ1) is 38.9. The SMILES string of the molecule is CC1(C)c2ccccc2-c2ccc(N(c3ccccc3)c3ccc4c(c3)oc3ccc5c(ccc6oc7cc(N(c8ccccc8)c8ccc9c(c8)C(C)(C)c8ccccc8-9)ccc7c65)c34)cc21. The lowest BCUT2D eigenvalue weighted by atomic mass is 9.82. The molecule has 14 rings (SSSR count). The highest BCUT2D eigenvalue weighted by molar-refractivity contribution is 6.27. The van der Waals surface area contributed by atoms with E-state index in [2.05, 4.69) is 244 Å². The molecule has 0 saturated heterocycles. The second kappa shape index (κ2) is 14.1. The first-order valence-electron chi connectivity index (χ1n) is 23.7. The van der Waals surface area contributed by atoms with Gasteiger partial charge in [0.05, 0.1) is 0 Å². The van der Waals surface area contributed by atoms with Crippen molar-refractivity contribution in [1.82, 2.24) is 0 Å². The van der Waals surface area contributed by atoms with Crippen LogP contribution in [0.3, 0.4) is 0 Å². The van der Waals surface area contributed by atoms with Gasteiger partial charge in [-0.05, 0) is 152 Å². The quantitative estimate of drug-likeness (QED) is 0.167. The Morgan fingerprint density at radius 3 is 1.07 bits per heavy atom. The number of anilines is 6. The van der Waals surface area contributed by atoms with Crippen LogP contribution < -0.4 is 9.80 Å². The van der Waals surface area contributed by atoms with Crippen molar-refractivity contribution in [1.29, 1.82) is 0 Å². The Labute approximate surface area is 394 Å². The van der Waals surface area contributed by atoms with E-state index in [1.165, 1.54) is 44.5 Å². The van der Waals surface area contributed by atoms with Crippen LogP contribution in [0.4, 0.5) is 34.1 Å². The van der Waals surface area contributed by atoms with Crippen LogP contribution in [-0.2, 0) is 10.8 Å². The van der Waals surface area contributed by atoms with Gasteiger partial charge in [-0.1, -0.05) is 125 Å². The molecule has 0 fully saturated rings. The highest BCUT2D eigenvalue weighted by Gasteiger charge is 2.37. The maximum Gasteiger partial charge on any atom is 0.137 e. The molecule has 0 aliphatic heterocycles. The molecular formula is C64H46N2O2. The number of benzene rings is 10. The van der Waals surface area contributed by atoms with Crippen LogP contribution in [-0.4, -0.2) is 0 Å². The van der Waals surface area contributed by atoms with Crippen molar-refractivity contribution in [2.75, 3.05) is 9.80 Å². The van der Waals surface area contributed by atoms with Gasteiger partial charge in [-0.15, -0.1) is 0 Å². The summed E-state index contributed by atoms with van der Waals surface area (Å²) in [5, 5.41) is 6.67. The van der Waals surface area contributed by atoms with Gasteiger partial charge in [-0.3, -0.25) is 0 Å². The summed E-state index contributed by atoms with van der Waals surface area (Å²) in [5.74, 6) is 0. The molecule has 0 unspecified atom stereocenters. The maximum absolute atomic E-state index is 6.78. The lowest BCUT2D eigenvalue weighted by Gasteiger charge is -2.28. The normalized spacial score (nSPS) is 14.1. The van der Waals surface area contributed by atoms with Crippen LogP contribution in [0.1, 0.15) is 49.9 Å². The average molecular weight is 875 g/mol. The molecule has 2 heterocycles. The monoisotopic (exact) mass is 874 g/mol. The van der Waals surface area contributed by atoms with Crippen molar-refractivity contribution in [2.24, 2.45) is 0 Å². The van der Waals surface area contributed by atoms with E-state index in [0.29, 0.717) is 0 Å². The van der Waals surface area contributed by atoms with Crippen molar-refractivity contribution in [3.05, 3.63) is 229 Å². The van der Waals surface area contributed by atoms with Crippen molar-refractivity contribution in [2.45, 2.75) is 38.5 Å². The summed E-state index contributed by atoms with van der Waals surface area (Å²) in [4.78, 5) is 4.70. The van der Waals surface area contributed by atoms with Crippen molar-refractivity contribution in [3.8, 4) is 22.3 Å². The van der Waals surface area contributed by atoms with Crippen molar-refractivity contribution >= 4 is 88.8 Å². The number of para-hydroxylation sites is 2. The molecule has 4 nitrogen and oxygen atoms in total. The van der Waals surface area contributed by atoms with Gasteiger partial charge in [0.15, 0.2) is 0 Å². The Kier molecular flexibility index (Phi) is 8.06. The van der Waals surface area contributed by atoms with E-state index in [-0.39, 0.29) is 10.8 Å². The van der Waals surface area contributed by atoms with E-state index in [9.17, 15) is 0 Å². The third-order valence-corrected chi connectivity index (χ3v) is 15.2. The summed E-state index contributed by atoms with van der Waals surface area (Å²) < 4.78 is 13.6. The molecule has 10 aromatic carbocycles. The average Bonchev–Trinajstić information content (AvgIpc) is 4.07. The summed E-state index contributed by atoms with van der Waals surface area (Å²) in [6.45, 7) is 9.36. The minimum absolute atomic E-state index is 0.112. The van der Waals surface area contributed by atoms with Crippen molar-refractivity contribution in [3.63, 3.8) is 0 Å². The predicted octanol–water partition coefficient (Wildman–Crippen LogP) is 18.2. The minimum Gasteiger partial charge on any atom is -0.456 e. The fourth-order valence-corrected chi connectivity index (χ4v) is 11.9. The molecule has 0 radical (unpaired) electrons. The van der Waals surface area contributed by atoms with Gasteiger partial charge in [-0.25, -0.2) is 0 Å². The third-order valence-electron chi connectivity index (χ3n) is 15.2. The Balaban J connectivity index is 0.877. The van der Waals surface area contributed by atoms with Crippen LogP contribution in [0, 0.1) is 0 Å². The molecule has 0 bridgehead atoms. The van der Waals surface area contributed by atoms with E-state index in [0.717, 1.165) is 88.8 Å². The number of nitrogens with zero attached hydrogens (tertiary/aromatic N) is 2. The van der Waals surface area contributed by atoms with Gasteiger partial charge in [-0.2, -0.15) is 0 Å². The number of furan rings is 2. The Hall–Kier alpha value is -8.34. The van der Waals surface area contributed by atoms with E-state index in [1.807, 2.05) is 0 Å². The first-order chi connectivity index (χ1) is 33.2. The summed E-state index contributed by atoms with van der Waals surface area (Å²) in [5.41, 5.74) is 20.4. The fourth-order valence-electron chi connectivity index (χ4n) is 11.9. The molecule has 2 aliphatic carbocycles. The van der Waals surface area contributed by atoms with Crippen LogP contribution in [0.5, 0.6) is 0 Å². The largest absolute Gasteiger partial charge is 0.456 e. The van der Waals surface area contributed by atoms with Gasteiger partial charge >= 0.3 is 0 Å². The van der Waals surface area contributed by atoms with Gasteiger partial charge in [0, 0.05) is 78.6 Å². The Morgan fingerprint density at radius 1 is 0.279 bits per heavy atom. The molecule has 0 N–H and O–H groups in total. The van der Waals surface area contributed by atoms with E-state index >= 15 is 0 Å². The topological polar surface area (TPSA) is 32.8 Å². The third kappa shape index (κ3) is 5.49. The molecule has 0 spiro atoms. The van der Waals surface area contributed by atoms with E-state index in [4.69, 9.17) is 8.83 Å². The van der Waals surface area contributed by atoms with Crippen LogP contribution >= 0.6 is 0 Å². The van der Waals surface area contributed by atoms with Gasteiger partial charge in [0.1, 0.15) is 22.3 Å². The summed E-state index contributed by atoms with van der Waals surface area (Å²) in [7, 11) is 0. The van der Waals surface area contributed by atoms with E-state index < -0.39 is 0 Å². The molecule has 2 aliphatic rings. The van der Waals surface area contributed by atoms with Crippen LogP contribution in [0.25, 0.3) is 76.9 Å². The molecule has 68 heavy (non-hydrogen) atoms. The Morgan fingerprint density at radius 2 is 0.632 bits per heavy atom. The van der Waals surface area contributed by atoms with Gasteiger partial charge in [0.25, 0.3) is 0 Å². The molecule has 4 heteroatoms. The second-order valence-corrected chi connectivity index (χ2v) is 19.7. The molecule has 0 amide bonds. The molecule has 0 atom stereocenters. The fraction of sp³-hybridized carbons (Fsp3) is 0.0938. The number of rotatable bonds is 6. The predicted molar refractivity (Wildman–Crippen MR) is 283 cm³/mol. The summed E-state index contributed by atoms with van der Waals surface area (Å²) in [6, 6.07) is 74.8. The van der Waals surface area contributed by atoms with Gasteiger partial charge < -0.3 is 18.6 Å². The van der Waals surface area contributed by atoms with Crippen LogP contribution in [0.2, 0.25) is 0 Å². The number of hydrogen-bond donors (Lipinski definition) is 0. The maximum atomic E-state index is 6.78. The lowest BCUT2D eigenvalue weighted by Crippen LogP contribution is -2.16. The number of hydrogen-bond acceptors (Lipinski definition) is 4. The van der Waals surface area contributed by atoms with Crippen LogP contribution in [0.15, 0.2) is 215 Å². The first-order valence-corrected chi connectivity index (χ1v) is 23.7. The lowest BCUT2D eigenvalue weighted by molar-refractivity contribution is 0.660. The van der Waals surface area contributed by atoms with E-state index in [1.54, 1.807) is 0 Å².